The summed E-state index contributed by atoms with van der Waals surface area (Å²) in [5.41, 5.74) is 2.51. The van der Waals surface area contributed by atoms with Crippen molar-refractivity contribution >= 4 is 22.0 Å². The molecule has 2 heterocycles. The number of nitrogens with one attached hydrogen (secondary N) is 2. The number of urea groups is 1. The number of carbonyl (C=O) groups is 2. The Morgan fingerprint density at radius 2 is 2.00 bits per heavy atom. The van der Waals surface area contributed by atoms with E-state index in [1.165, 1.54) is 4.90 Å². The maximum atomic E-state index is 13.4. The van der Waals surface area contributed by atoms with Crippen LogP contribution >= 0.6 is 0 Å². The predicted octanol–water partition coefficient (Wildman–Crippen LogP) is 0.324. The van der Waals surface area contributed by atoms with Crippen LogP contribution in [-0.2, 0) is 19.7 Å². The Labute approximate surface area is 183 Å². The topological polar surface area (TPSA) is 128 Å². The molecule has 2 aliphatic heterocycles. The first-order chi connectivity index (χ1) is 14.6. The Morgan fingerprint density at radius 3 is 2.61 bits per heavy atom. The molecule has 5 atom stereocenters. The van der Waals surface area contributed by atoms with Gasteiger partial charge in [-0.15, -0.1) is 0 Å². The van der Waals surface area contributed by atoms with Gasteiger partial charge in [-0.1, -0.05) is 0 Å². The van der Waals surface area contributed by atoms with Gasteiger partial charge in [-0.05, 0) is 58.8 Å². The van der Waals surface area contributed by atoms with Gasteiger partial charge in [0.25, 0.3) is 0 Å². The summed E-state index contributed by atoms with van der Waals surface area (Å²) < 4.78 is 28.7. The average Bonchev–Trinajstić information content (AvgIpc) is 3.28. The first-order valence-corrected chi connectivity index (χ1v) is 12.8. The second-order valence-electron chi connectivity index (χ2n) is 9.81. The van der Waals surface area contributed by atoms with E-state index in [2.05, 4.69) is 10.2 Å². The monoisotopic (exact) mass is 458 g/mol. The normalized spacial score (nSPS) is 35.4. The van der Waals surface area contributed by atoms with Crippen LogP contribution in [0.25, 0.3) is 0 Å². The van der Waals surface area contributed by atoms with Gasteiger partial charge in [-0.2, -0.15) is 5.48 Å². The van der Waals surface area contributed by atoms with Crippen molar-refractivity contribution in [1.29, 1.82) is 0 Å². The van der Waals surface area contributed by atoms with E-state index in [4.69, 9.17) is 4.84 Å². The van der Waals surface area contributed by atoms with E-state index in [1.54, 1.807) is 4.90 Å². The molecule has 10 nitrogen and oxygen atoms in total. The van der Waals surface area contributed by atoms with Crippen molar-refractivity contribution in [3.8, 4) is 0 Å². The van der Waals surface area contributed by atoms with Crippen molar-refractivity contribution in [3.63, 3.8) is 0 Å². The smallest absolute Gasteiger partial charge is 0.327 e. The molecule has 176 valence electrons. The molecular weight excluding hydrogens is 424 g/mol. The van der Waals surface area contributed by atoms with Crippen molar-refractivity contribution in [2.45, 2.75) is 87.8 Å². The maximum Gasteiger partial charge on any atom is 0.327 e. The third-order valence-electron chi connectivity index (χ3n) is 7.05. The van der Waals surface area contributed by atoms with Crippen molar-refractivity contribution in [3.05, 3.63) is 0 Å². The molecule has 0 spiro atoms. The molecule has 0 bridgehead atoms. The first-order valence-electron chi connectivity index (χ1n) is 11.3. The average molecular weight is 459 g/mol. The highest BCUT2D eigenvalue weighted by molar-refractivity contribution is 7.90. The third-order valence-corrected chi connectivity index (χ3v) is 9.13. The van der Waals surface area contributed by atoms with Gasteiger partial charge in [-0.25, -0.2) is 17.9 Å². The third kappa shape index (κ3) is 4.75. The molecule has 4 rings (SSSR count). The summed E-state index contributed by atoms with van der Waals surface area (Å²) in [6.45, 7) is 4.29. The second kappa shape index (κ2) is 8.58. The molecule has 31 heavy (non-hydrogen) atoms. The fraction of sp³-hybridized carbons (Fsp3) is 0.900. The number of hydrogen-bond donors (Lipinski definition) is 3. The minimum Gasteiger partial charge on any atom is -0.396 e. The zero-order valence-corrected chi connectivity index (χ0v) is 19.1. The van der Waals surface area contributed by atoms with Crippen LogP contribution in [0.3, 0.4) is 0 Å². The Kier molecular flexibility index (Phi) is 6.34. The molecule has 3 amide bonds. The lowest BCUT2D eigenvalue weighted by atomic mass is 9.80. The largest absolute Gasteiger partial charge is 0.396 e. The van der Waals surface area contributed by atoms with Gasteiger partial charge in [0.15, 0.2) is 0 Å². The molecule has 2 aliphatic carbocycles. The molecule has 2 saturated carbocycles. The number of aliphatic hydroxyl groups excluding tert-OH is 1. The zero-order valence-electron chi connectivity index (χ0n) is 18.2. The predicted molar refractivity (Wildman–Crippen MR) is 112 cm³/mol. The molecule has 11 heteroatoms. The highest BCUT2D eigenvalue weighted by atomic mass is 32.2. The maximum absolute atomic E-state index is 13.4. The lowest BCUT2D eigenvalue weighted by Gasteiger charge is -2.48. The van der Waals surface area contributed by atoms with Crippen molar-refractivity contribution in [2.75, 3.05) is 19.7 Å². The number of hydroxylamine groups is 1. The molecule has 3 N–H and O–H groups in total. The van der Waals surface area contributed by atoms with Gasteiger partial charge < -0.3 is 10.0 Å². The minimum absolute atomic E-state index is 0.0538. The molecule has 4 fully saturated rings. The van der Waals surface area contributed by atoms with Gasteiger partial charge in [0, 0.05) is 30.8 Å². The lowest BCUT2D eigenvalue weighted by Crippen LogP contribution is -2.65. The van der Waals surface area contributed by atoms with Crippen molar-refractivity contribution in [1.82, 2.24) is 20.0 Å². The number of fused-ring (bicyclic) bond motifs is 1. The summed E-state index contributed by atoms with van der Waals surface area (Å²) in [6, 6.07) is -0.558. The van der Waals surface area contributed by atoms with Crippen molar-refractivity contribution in [2.24, 2.45) is 5.92 Å². The first kappa shape index (κ1) is 22.9. The number of rotatable bonds is 8. The van der Waals surface area contributed by atoms with Crippen LogP contribution in [0.4, 0.5) is 4.79 Å². The van der Waals surface area contributed by atoms with Gasteiger partial charge in [0.1, 0.15) is 0 Å². The van der Waals surface area contributed by atoms with Gasteiger partial charge in [0.05, 0.1) is 23.8 Å². The van der Waals surface area contributed by atoms with Gasteiger partial charge >= 0.3 is 6.03 Å². The SMILES string of the molecule is CC1CC(CN2C(=O)C3CC(S(=O)(=O)NC4(C)CC4)CCC3N(CCCO)C2=O)ON1. The van der Waals surface area contributed by atoms with Crippen LogP contribution in [0.1, 0.15) is 58.8 Å². The molecule has 0 aromatic rings. The van der Waals surface area contributed by atoms with Crippen LogP contribution < -0.4 is 10.2 Å². The second-order valence-corrected chi connectivity index (χ2v) is 11.8. The van der Waals surface area contributed by atoms with Crippen molar-refractivity contribution < 1.29 is 28.0 Å². The van der Waals surface area contributed by atoms with Crippen LogP contribution in [0.5, 0.6) is 0 Å². The molecule has 5 unspecified atom stereocenters. The van der Waals surface area contributed by atoms with Crippen LogP contribution in [0, 0.1) is 5.92 Å². The van der Waals surface area contributed by atoms with Crippen LogP contribution in [0.15, 0.2) is 0 Å². The van der Waals surface area contributed by atoms with E-state index < -0.39 is 21.2 Å². The molecule has 0 radical (unpaired) electrons. The summed E-state index contributed by atoms with van der Waals surface area (Å²) in [6.07, 6.45) is 3.54. The van der Waals surface area contributed by atoms with Gasteiger partial charge in [-0.3, -0.25) is 14.5 Å². The fourth-order valence-electron chi connectivity index (χ4n) is 5.03. The zero-order chi connectivity index (χ0) is 22.4. The van der Waals surface area contributed by atoms with E-state index in [0.717, 1.165) is 12.8 Å². The summed E-state index contributed by atoms with van der Waals surface area (Å²) in [5.74, 6) is -0.874. The number of nitrogens with zero attached hydrogens (tertiary/aromatic N) is 2. The Hall–Kier alpha value is -1.27. The Morgan fingerprint density at radius 1 is 1.26 bits per heavy atom. The Balaban J connectivity index is 1.53. The quantitative estimate of drug-likeness (QED) is 0.478. The molecular formula is C20H34N4O6S. The number of imide groups is 1. The molecule has 4 aliphatic rings. The van der Waals surface area contributed by atoms with E-state index in [9.17, 15) is 23.1 Å². The van der Waals surface area contributed by atoms with E-state index in [1.807, 2.05) is 13.8 Å². The number of amides is 3. The van der Waals surface area contributed by atoms with Gasteiger partial charge in [0.2, 0.25) is 15.9 Å². The summed E-state index contributed by atoms with van der Waals surface area (Å²) in [4.78, 5) is 34.9. The highest BCUT2D eigenvalue weighted by Crippen LogP contribution is 2.40. The molecule has 0 aromatic heterocycles. The van der Waals surface area contributed by atoms with E-state index >= 15 is 0 Å². The summed E-state index contributed by atoms with van der Waals surface area (Å²) in [5, 5.41) is 8.64. The number of sulfonamides is 1. The lowest BCUT2D eigenvalue weighted by molar-refractivity contribution is -0.142. The fourth-order valence-corrected chi connectivity index (χ4v) is 7.00. The minimum atomic E-state index is -3.55. The molecule has 0 aromatic carbocycles. The number of hydrogen-bond acceptors (Lipinski definition) is 7. The van der Waals surface area contributed by atoms with Crippen LogP contribution in [0.2, 0.25) is 0 Å². The highest BCUT2D eigenvalue weighted by Gasteiger charge is 2.52. The number of carbonyl (C=O) groups excluding carboxylic acids is 2. The van der Waals surface area contributed by atoms with E-state index in [-0.39, 0.29) is 55.2 Å². The summed E-state index contributed by atoms with van der Waals surface area (Å²) in [7, 11) is -3.55. The van der Waals surface area contributed by atoms with Crippen LogP contribution in [-0.4, -0.2) is 83.9 Å². The number of aliphatic hydroxyl groups is 1. The Bertz CT molecular complexity index is 816. The standard InChI is InChI=1S/C20H34N4O6S/c1-13-10-14(30-21-13)12-24-18(26)16-11-15(31(28,29)22-20(2)6-7-20)4-5-17(16)23(19(24)27)8-3-9-25/h13-17,21-22,25H,3-12H2,1-2H3. The summed E-state index contributed by atoms with van der Waals surface area (Å²) >= 11 is 0. The van der Waals surface area contributed by atoms with E-state index in [0.29, 0.717) is 32.2 Å². The molecule has 2 saturated heterocycles.